The zero-order chi connectivity index (χ0) is 25.3. The average Bonchev–Trinajstić information content (AvgIpc) is 3.59. The first-order chi connectivity index (χ1) is 17.6. The van der Waals surface area contributed by atoms with E-state index in [-0.39, 0.29) is 30.7 Å². The van der Waals surface area contributed by atoms with Crippen LogP contribution >= 0.6 is 0 Å². The average molecular weight is 490 g/mol. The van der Waals surface area contributed by atoms with Crippen LogP contribution in [0.3, 0.4) is 0 Å². The Morgan fingerprint density at radius 2 is 1.72 bits per heavy atom. The normalized spacial score (nSPS) is 10.9. The van der Waals surface area contributed by atoms with Crippen molar-refractivity contribution < 1.29 is 23.5 Å². The number of aromatic amines is 1. The van der Waals surface area contributed by atoms with E-state index in [0.29, 0.717) is 31.9 Å². The lowest BCUT2D eigenvalue weighted by Crippen LogP contribution is -2.44. The van der Waals surface area contributed by atoms with Crippen molar-refractivity contribution in [2.45, 2.75) is 13.0 Å². The third kappa shape index (κ3) is 5.95. The smallest absolute Gasteiger partial charge is 0.290 e. The number of aromatic nitrogens is 1. The summed E-state index contributed by atoms with van der Waals surface area (Å²) in [4.78, 5) is 33.2. The molecule has 0 unspecified atom stereocenters. The van der Waals surface area contributed by atoms with E-state index in [2.05, 4.69) is 11.1 Å². The molecule has 0 spiro atoms. The van der Waals surface area contributed by atoms with Crippen LogP contribution in [0.1, 0.15) is 21.7 Å². The topological polar surface area (TPSA) is 88.0 Å². The molecule has 4 aromatic rings. The molecule has 0 aliphatic carbocycles. The molecule has 1 N–H and O–H groups in total. The summed E-state index contributed by atoms with van der Waals surface area (Å²) in [5.74, 6) is 0.385. The number of methoxy groups -OCH3 is 2. The highest BCUT2D eigenvalue weighted by Gasteiger charge is 2.24. The lowest BCUT2D eigenvalue weighted by atomic mass is 10.1. The molecule has 2 aromatic heterocycles. The van der Waals surface area contributed by atoms with E-state index in [4.69, 9.17) is 13.9 Å². The van der Waals surface area contributed by atoms with Crippen molar-refractivity contribution in [2.24, 2.45) is 0 Å². The van der Waals surface area contributed by atoms with Gasteiger partial charge >= 0.3 is 0 Å². The Morgan fingerprint density at radius 3 is 2.50 bits per heavy atom. The second-order valence-corrected chi connectivity index (χ2v) is 8.43. The maximum absolute atomic E-state index is 13.6. The second kappa shape index (κ2) is 12.1. The maximum atomic E-state index is 13.6. The largest absolute Gasteiger partial charge is 0.496 e. The first-order valence-electron chi connectivity index (χ1n) is 11.9. The molecule has 36 heavy (non-hydrogen) atoms. The van der Waals surface area contributed by atoms with E-state index < -0.39 is 0 Å². The molecule has 0 atom stereocenters. The summed E-state index contributed by atoms with van der Waals surface area (Å²) in [5.41, 5.74) is 3.09. The molecule has 0 aliphatic rings. The SMILES string of the molecule is COCCN(CC(=O)N(CCc1c[nH]c2ccccc12)Cc1ccccc1OC)C(=O)c1ccco1. The fourth-order valence-corrected chi connectivity index (χ4v) is 4.20. The van der Waals surface area contributed by atoms with Gasteiger partial charge in [-0.05, 0) is 36.2 Å². The number of carbonyl (C=O) groups excluding carboxylic acids is 2. The summed E-state index contributed by atoms with van der Waals surface area (Å²) < 4.78 is 16.0. The van der Waals surface area contributed by atoms with Gasteiger partial charge in [-0.1, -0.05) is 36.4 Å². The molecule has 0 saturated heterocycles. The van der Waals surface area contributed by atoms with Crippen LogP contribution in [0.25, 0.3) is 10.9 Å². The summed E-state index contributed by atoms with van der Waals surface area (Å²) in [6.45, 7) is 1.32. The van der Waals surface area contributed by atoms with Gasteiger partial charge in [0.15, 0.2) is 5.76 Å². The number of ether oxygens (including phenoxy) is 2. The van der Waals surface area contributed by atoms with Crippen LogP contribution < -0.4 is 4.74 Å². The number of rotatable bonds is 12. The third-order valence-corrected chi connectivity index (χ3v) is 6.14. The highest BCUT2D eigenvalue weighted by molar-refractivity contribution is 5.94. The van der Waals surface area contributed by atoms with Crippen LogP contribution in [0.2, 0.25) is 0 Å². The molecule has 188 valence electrons. The van der Waals surface area contributed by atoms with Gasteiger partial charge in [-0.15, -0.1) is 0 Å². The second-order valence-electron chi connectivity index (χ2n) is 8.43. The van der Waals surface area contributed by atoms with Crippen molar-refractivity contribution in [2.75, 3.05) is 40.5 Å². The van der Waals surface area contributed by atoms with Crippen LogP contribution in [-0.4, -0.2) is 67.1 Å². The molecule has 0 aliphatic heterocycles. The molecule has 2 aromatic carbocycles. The molecule has 8 nitrogen and oxygen atoms in total. The fourth-order valence-electron chi connectivity index (χ4n) is 4.20. The van der Waals surface area contributed by atoms with Gasteiger partial charge in [-0.2, -0.15) is 0 Å². The van der Waals surface area contributed by atoms with E-state index >= 15 is 0 Å². The zero-order valence-corrected chi connectivity index (χ0v) is 20.6. The number of benzene rings is 2. The van der Waals surface area contributed by atoms with Gasteiger partial charge in [0.1, 0.15) is 12.3 Å². The van der Waals surface area contributed by atoms with Gasteiger partial charge in [-0.3, -0.25) is 9.59 Å². The van der Waals surface area contributed by atoms with E-state index in [9.17, 15) is 9.59 Å². The summed E-state index contributed by atoms with van der Waals surface area (Å²) in [6, 6.07) is 19.0. The molecule has 4 rings (SSSR count). The van der Waals surface area contributed by atoms with Crippen molar-refractivity contribution in [3.05, 3.63) is 90.0 Å². The summed E-state index contributed by atoms with van der Waals surface area (Å²) in [6.07, 6.45) is 4.09. The highest BCUT2D eigenvalue weighted by Crippen LogP contribution is 2.22. The Kier molecular flexibility index (Phi) is 8.41. The fraction of sp³-hybridized carbons (Fsp3) is 0.286. The van der Waals surface area contributed by atoms with Crippen LogP contribution in [0, 0.1) is 0 Å². The van der Waals surface area contributed by atoms with Crippen LogP contribution in [-0.2, 0) is 22.5 Å². The Morgan fingerprint density at radius 1 is 0.917 bits per heavy atom. The minimum Gasteiger partial charge on any atom is -0.496 e. The highest BCUT2D eigenvalue weighted by atomic mass is 16.5. The number of hydrogen-bond donors (Lipinski definition) is 1. The number of H-pyrrole nitrogens is 1. The number of furan rings is 1. The Balaban J connectivity index is 1.55. The molecule has 2 heterocycles. The van der Waals surface area contributed by atoms with Gasteiger partial charge in [0.25, 0.3) is 5.91 Å². The number of nitrogens with zero attached hydrogens (tertiary/aromatic N) is 2. The zero-order valence-electron chi connectivity index (χ0n) is 20.6. The summed E-state index contributed by atoms with van der Waals surface area (Å²) in [5, 5.41) is 1.14. The minimum atomic E-state index is -0.348. The van der Waals surface area contributed by atoms with Gasteiger partial charge in [0.2, 0.25) is 5.91 Å². The lowest BCUT2D eigenvalue weighted by Gasteiger charge is -2.28. The van der Waals surface area contributed by atoms with Crippen molar-refractivity contribution in [3.63, 3.8) is 0 Å². The van der Waals surface area contributed by atoms with E-state index in [0.717, 1.165) is 22.0 Å². The lowest BCUT2D eigenvalue weighted by molar-refractivity contribution is -0.132. The molecule has 0 fully saturated rings. The maximum Gasteiger partial charge on any atom is 0.290 e. The summed E-state index contributed by atoms with van der Waals surface area (Å²) >= 11 is 0. The number of hydrogen-bond acceptors (Lipinski definition) is 5. The van der Waals surface area contributed by atoms with Gasteiger partial charge < -0.3 is 28.7 Å². The minimum absolute atomic E-state index is 0.0913. The van der Waals surface area contributed by atoms with Gasteiger partial charge in [0, 0.05) is 49.4 Å². The number of nitrogens with one attached hydrogen (secondary N) is 1. The van der Waals surface area contributed by atoms with Gasteiger partial charge in [-0.25, -0.2) is 0 Å². The number of amides is 2. The number of fused-ring (bicyclic) bond motifs is 1. The quantitative estimate of drug-likeness (QED) is 0.323. The standard InChI is InChI=1S/C28H31N3O5/c1-34-17-15-31(28(33)26-12-7-16-36-26)20-27(32)30(19-22-8-3-6-11-25(22)35-2)14-13-21-18-29-24-10-5-4-9-23(21)24/h3-12,16,18,29H,13-15,17,19-20H2,1-2H3. The first kappa shape index (κ1) is 25.1. The first-order valence-corrected chi connectivity index (χ1v) is 11.9. The van der Waals surface area contributed by atoms with Crippen molar-refractivity contribution in [1.82, 2.24) is 14.8 Å². The van der Waals surface area contributed by atoms with Crippen LogP contribution in [0.4, 0.5) is 0 Å². The molecule has 2 amide bonds. The van der Waals surface area contributed by atoms with Crippen LogP contribution in [0.5, 0.6) is 5.75 Å². The Bertz CT molecular complexity index is 1280. The summed E-state index contributed by atoms with van der Waals surface area (Å²) in [7, 11) is 3.18. The molecule has 8 heteroatoms. The molecule has 0 saturated carbocycles. The predicted molar refractivity (Wildman–Crippen MR) is 137 cm³/mol. The van der Waals surface area contributed by atoms with Crippen molar-refractivity contribution in [1.29, 1.82) is 0 Å². The molecular weight excluding hydrogens is 458 g/mol. The Labute approximate surface area is 210 Å². The number of para-hydroxylation sites is 2. The molecule has 0 radical (unpaired) electrons. The van der Waals surface area contributed by atoms with Gasteiger partial charge in [0.05, 0.1) is 20.0 Å². The van der Waals surface area contributed by atoms with Crippen molar-refractivity contribution in [3.8, 4) is 5.75 Å². The number of carbonyl (C=O) groups is 2. The van der Waals surface area contributed by atoms with Crippen molar-refractivity contribution >= 4 is 22.7 Å². The van der Waals surface area contributed by atoms with E-state index in [1.54, 1.807) is 31.3 Å². The molecular formula is C28H31N3O5. The molecule has 0 bridgehead atoms. The van der Waals surface area contributed by atoms with Crippen LogP contribution in [0.15, 0.2) is 77.5 Å². The Hall–Kier alpha value is -4.04. The predicted octanol–water partition coefficient (Wildman–Crippen LogP) is 4.13. The van der Waals surface area contributed by atoms with E-state index in [1.165, 1.54) is 11.2 Å². The monoisotopic (exact) mass is 489 g/mol. The third-order valence-electron chi connectivity index (χ3n) is 6.14. The van der Waals surface area contributed by atoms with E-state index in [1.807, 2.05) is 48.7 Å².